The van der Waals surface area contributed by atoms with Crippen molar-refractivity contribution in [1.29, 1.82) is 0 Å². The smallest absolute Gasteiger partial charge is 0.0110 e. The highest BCUT2D eigenvalue weighted by molar-refractivity contribution is 5.89. The molecular formula is C34H42N2. The van der Waals surface area contributed by atoms with Crippen LogP contribution in [0.5, 0.6) is 0 Å². The van der Waals surface area contributed by atoms with Crippen LogP contribution in [0.15, 0.2) is 48.5 Å². The molecule has 36 heavy (non-hydrogen) atoms. The van der Waals surface area contributed by atoms with Crippen LogP contribution >= 0.6 is 0 Å². The molecule has 1 fully saturated rings. The lowest BCUT2D eigenvalue weighted by Crippen LogP contribution is -2.47. The van der Waals surface area contributed by atoms with Crippen LogP contribution in [-0.4, -0.2) is 49.1 Å². The van der Waals surface area contributed by atoms with E-state index >= 15 is 0 Å². The zero-order valence-corrected chi connectivity index (χ0v) is 23.2. The molecule has 1 heterocycles. The van der Waals surface area contributed by atoms with Gasteiger partial charge in [0.15, 0.2) is 0 Å². The topological polar surface area (TPSA) is 6.48 Å². The van der Waals surface area contributed by atoms with Crippen LogP contribution in [0.4, 0.5) is 0 Å². The minimum absolute atomic E-state index is 1.14. The molecule has 0 saturated carbocycles. The van der Waals surface area contributed by atoms with E-state index in [2.05, 4.69) is 99.9 Å². The van der Waals surface area contributed by atoms with Gasteiger partial charge in [-0.15, -0.1) is 0 Å². The standard InChI is InChI=1S/C34H42N2/c1-23-19-31-21-29(7-9-33(31)27(5)25(23)3)11-13-35-15-17-36(18-16-35)14-12-30-8-10-34-28(6)26(4)24(2)20-32(34)22-30/h7-10,19-22H,11-18H2,1-6H3. The van der Waals surface area contributed by atoms with Crippen LogP contribution in [0.2, 0.25) is 0 Å². The molecule has 4 aromatic carbocycles. The monoisotopic (exact) mass is 478 g/mol. The number of benzene rings is 4. The minimum atomic E-state index is 1.14. The fourth-order valence-corrected chi connectivity index (χ4v) is 5.95. The van der Waals surface area contributed by atoms with Crippen molar-refractivity contribution in [2.75, 3.05) is 39.3 Å². The Morgan fingerprint density at radius 2 is 0.889 bits per heavy atom. The van der Waals surface area contributed by atoms with E-state index in [0.29, 0.717) is 0 Å². The van der Waals surface area contributed by atoms with Crippen molar-refractivity contribution in [2.24, 2.45) is 0 Å². The summed E-state index contributed by atoms with van der Waals surface area (Å²) in [5.41, 5.74) is 11.4. The molecule has 2 nitrogen and oxygen atoms in total. The summed E-state index contributed by atoms with van der Waals surface area (Å²) in [4.78, 5) is 5.30. The van der Waals surface area contributed by atoms with E-state index in [4.69, 9.17) is 0 Å². The number of aryl methyl sites for hydroxylation is 4. The second-order valence-corrected chi connectivity index (χ2v) is 11.2. The summed E-state index contributed by atoms with van der Waals surface area (Å²) < 4.78 is 0. The van der Waals surface area contributed by atoms with Crippen molar-refractivity contribution in [3.8, 4) is 0 Å². The first kappa shape index (κ1) is 25.0. The Morgan fingerprint density at radius 3 is 1.28 bits per heavy atom. The Morgan fingerprint density at radius 1 is 0.500 bits per heavy atom. The Bertz CT molecular complexity index is 1300. The third-order valence-electron chi connectivity index (χ3n) is 8.99. The summed E-state index contributed by atoms with van der Waals surface area (Å²) in [6.45, 7) is 20.5. The highest BCUT2D eigenvalue weighted by atomic mass is 15.3. The first-order valence-corrected chi connectivity index (χ1v) is 13.7. The molecule has 0 unspecified atom stereocenters. The van der Waals surface area contributed by atoms with Crippen molar-refractivity contribution >= 4 is 21.5 Å². The molecule has 0 spiro atoms. The number of hydrogen-bond acceptors (Lipinski definition) is 2. The van der Waals surface area contributed by atoms with E-state index in [-0.39, 0.29) is 0 Å². The van der Waals surface area contributed by atoms with E-state index in [1.165, 1.54) is 92.2 Å². The number of hydrogen-bond donors (Lipinski definition) is 0. The van der Waals surface area contributed by atoms with Gasteiger partial charge >= 0.3 is 0 Å². The van der Waals surface area contributed by atoms with Crippen molar-refractivity contribution in [1.82, 2.24) is 9.80 Å². The van der Waals surface area contributed by atoms with Crippen LogP contribution in [0.3, 0.4) is 0 Å². The molecule has 188 valence electrons. The summed E-state index contributed by atoms with van der Waals surface area (Å²) in [6.07, 6.45) is 2.27. The molecule has 1 aliphatic heterocycles. The number of piperazine rings is 1. The predicted molar refractivity (Wildman–Crippen MR) is 157 cm³/mol. The van der Waals surface area contributed by atoms with Crippen molar-refractivity contribution in [3.63, 3.8) is 0 Å². The lowest BCUT2D eigenvalue weighted by molar-refractivity contribution is 0.134. The summed E-state index contributed by atoms with van der Waals surface area (Å²) in [5.74, 6) is 0. The predicted octanol–water partition coefficient (Wildman–Crippen LogP) is 7.25. The van der Waals surface area contributed by atoms with Gasteiger partial charge in [-0.05, 0) is 120 Å². The van der Waals surface area contributed by atoms with Crippen LogP contribution in [-0.2, 0) is 12.8 Å². The maximum atomic E-state index is 2.65. The molecule has 0 N–H and O–H groups in total. The molecule has 1 saturated heterocycles. The van der Waals surface area contributed by atoms with Gasteiger partial charge in [0, 0.05) is 39.3 Å². The second kappa shape index (κ2) is 10.4. The van der Waals surface area contributed by atoms with Gasteiger partial charge in [0.1, 0.15) is 0 Å². The highest BCUT2D eigenvalue weighted by Gasteiger charge is 2.17. The van der Waals surface area contributed by atoms with Gasteiger partial charge in [-0.3, -0.25) is 0 Å². The molecule has 2 heteroatoms. The van der Waals surface area contributed by atoms with E-state index in [9.17, 15) is 0 Å². The maximum absolute atomic E-state index is 2.65. The minimum Gasteiger partial charge on any atom is -0.300 e. The highest BCUT2D eigenvalue weighted by Crippen LogP contribution is 2.27. The van der Waals surface area contributed by atoms with Crippen molar-refractivity contribution in [3.05, 3.63) is 93.0 Å². The largest absolute Gasteiger partial charge is 0.300 e. The molecule has 0 radical (unpaired) electrons. The normalized spacial score (nSPS) is 15.3. The second-order valence-electron chi connectivity index (χ2n) is 11.2. The number of fused-ring (bicyclic) bond motifs is 2. The lowest BCUT2D eigenvalue weighted by atomic mass is 9.95. The first-order chi connectivity index (χ1) is 17.3. The number of rotatable bonds is 6. The third kappa shape index (κ3) is 5.08. The molecule has 0 atom stereocenters. The van der Waals surface area contributed by atoms with Gasteiger partial charge in [-0.1, -0.05) is 48.5 Å². The van der Waals surface area contributed by atoms with E-state index in [1.807, 2.05) is 0 Å². The zero-order chi connectivity index (χ0) is 25.4. The molecule has 0 aliphatic carbocycles. The van der Waals surface area contributed by atoms with Gasteiger partial charge in [-0.2, -0.15) is 0 Å². The molecule has 0 aromatic heterocycles. The Balaban J connectivity index is 1.13. The van der Waals surface area contributed by atoms with Gasteiger partial charge in [0.25, 0.3) is 0 Å². The fraction of sp³-hybridized carbons (Fsp3) is 0.412. The molecular weight excluding hydrogens is 436 g/mol. The number of nitrogens with zero attached hydrogens (tertiary/aromatic N) is 2. The molecule has 5 rings (SSSR count). The van der Waals surface area contributed by atoms with Crippen molar-refractivity contribution < 1.29 is 0 Å². The van der Waals surface area contributed by atoms with Gasteiger partial charge in [0.05, 0.1) is 0 Å². The SMILES string of the molecule is Cc1cc2cc(CCN3CCN(CCc4ccc5c(C)c(C)c(C)cc5c4)CC3)ccc2c(C)c1C. The fourth-order valence-electron chi connectivity index (χ4n) is 5.95. The summed E-state index contributed by atoms with van der Waals surface area (Å²) in [5, 5.41) is 5.60. The van der Waals surface area contributed by atoms with Crippen LogP contribution in [0.1, 0.15) is 44.5 Å². The van der Waals surface area contributed by atoms with E-state index in [1.54, 1.807) is 0 Å². The van der Waals surface area contributed by atoms with Gasteiger partial charge in [-0.25, -0.2) is 0 Å². The summed E-state index contributed by atoms with van der Waals surface area (Å²) in [7, 11) is 0. The Hall–Kier alpha value is -2.68. The van der Waals surface area contributed by atoms with E-state index < -0.39 is 0 Å². The van der Waals surface area contributed by atoms with E-state index in [0.717, 1.165) is 25.9 Å². The average molecular weight is 479 g/mol. The quantitative estimate of drug-likeness (QED) is 0.288. The summed E-state index contributed by atoms with van der Waals surface area (Å²) >= 11 is 0. The molecule has 1 aliphatic rings. The molecule has 0 bridgehead atoms. The first-order valence-electron chi connectivity index (χ1n) is 13.7. The Labute approximate surface area is 217 Å². The van der Waals surface area contributed by atoms with Crippen LogP contribution in [0, 0.1) is 41.5 Å². The molecule has 4 aromatic rings. The zero-order valence-electron chi connectivity index (χ0n) is 23.2. The Kier molecular flexibility index (Phi) is 7.19. The van der Waals surface area contributed by atoms with Crippen molar-refractivity contribution in [2.45, 2.75) is 54.4 Å². The van der Waals surface area contributed by atoms with Gasteiger partial charge < -0.3 is 9.80 Å². The van der Waals surface area contributed by atoms with Gasteiger partial charge in [0.2, 0.25) is 0 Å². The average Bonchev–Trinajstić information content (AvgIpc) is 2.88. The summed E-state index contributed by atoms with van der Waals surface area (Å²) in [6, 6.07) is 18.9. The lowest BCUT2D eigenvalue weighted by Gasteiger charge is -2.34. The van der Waals surface area contributed by atoms with Crippen LogP contribution in [0.25, 0.3) is 21.5 Å². The third-order valence-corrected chi connectivity index (χ3v) is 8.99. The maximum Gasteiger partial charge on any atom is 0.0110 e. The van der Waals surface area contributed by atoms with Crippen LogP contribution < -0.4 is 0 Å². The molecule has 0 amide bonds.